The SMILES string of the molecule is C=CCCCCCC(O)c1ccc(F)c(Br)c1. The van der Waals surface area contributed by atoms with Gasteiger partial charge in [0.2, 0.25) is 0 Å². The normalized spacial score (nSPS) is 12.4. The van der Waals surface area contributed by atoms with Crippen molar-refractivity contribution >= 4 is 15.9 Å². The molecule has 0 aromatic heterocycles. The molecule has 0 aliphatic heterocycles. The van der Waals surface area contributed by atoms with Gasteiger partial charge in [-0.2, -0.15) is 0 Å². The van der Waals surface area contributed by atoms with Crippen molar-refractivity contribution in [1.82, 2.24) is 0 Å². The van der Waals surface area contributed by atoms with Crippen LogP contribution in [0, 0.1) is 5.82 Å². The van der Waals surface area contributed by atoms with Crippen LogP contribution in [0.4, 0.5) is 4.39 Å². The second kappa shape index (κ2) is 7.62. The Balaban J connectivity index is 2.38. The van der Waals surface area contributed by atoms with E-state index in [0.717, 1.165) is 37.7 Å². The van der Waals surface area contributed by atoms with E-state index in [9.17, 15) is 9.50 Å². The topological polar surface area (TPSA) is 20.2 Å². The summed E-state index contributed by atoms with van der Waals surface area (Å²) in [6.45, 7) is 3.67. The molecule has 0 amide bonds. The molecule has 0 saturated carbocycles. The lowest BCUT2D eigenvalue weighted by atomic mass is 10.0. The molecule has 1 rings (SSSR count). The van der Waals surface area contributed by atoms with Crippen LogP contribution in [0.3, 0.4) is 0 Å². The van der Waals surface area contributed by atoms with Gasteiger partial charge in [0.1, 0.15) is 5.82 Å². The Morgan fingerprint density at radius 2 is 2.12 bits per heavy atom. The van der Waals surface area contributed by atoms with Crippen molar-refractivity contribution in [3.8, 4) is 0 Å². The molecule has 0 heterocycles. The minimum absolute atomic E-state index is 0.299. The lowest BCUT2D eigenvalue weighted by Gasteiger charge is -2.11. The van der Waals surface area contributed by atoms with Gasteiger partial charge in [0.05, 0.1) is 10.6 Å². The highest BCUT2D eigenvalue weighted by Gasteiger charge is 2.09. The van der Waals surface area contributed by atoms with E-state index >= 15 is 0 Å². The molecule has 0 aliphatic carbocycles. The lowest BCUT2D eigenvalue weighted by molar-refractivity contribution is 0.163. The first-order valence-corrected chi connectivity index (χ1v) is 6.68. The highest BCUT2D eigenvalue weighted by atomic mass is 79.9. The van der Waals surface area contributed by atoms with Crippen molar-refractivity contribution in [1.29, 1.82) is 0 Å². The number of aliphatic hydroxyl groups excluding tert-OH is 1. The summed E-state index contributed by atoms with van der Waals surface area (Å²) in [5.41, 5.74) is 0.766. The molecule has 0 saturated heterocycles. The quantitative estimate of drug-likeness (QED) is 0.569. The average Bonchev–Trinajstić information content (AvgIpc) is 2.32. The van der Waals surface area contributed by atoms with Crippen molar-refractivity contribution in [2.75, 3.05) is 0 Å². The van der Waals surface area contributed by atoms with Gasteiger partial charge < -0.3 is 5.11 Å². The molecule has 94 valence electrons. The predicted molar refractivity (Wildman–Crippen MR) is 72.3 cm³/mol. The Labute approximate surface area is 110 Å². The maximum atomic E-state index is 13.0. The Kier molecular flexibility index (Phi) is 6.45. The summed E-state index contributed by atoms with van der Waals surface area (Å²) in [5, 5.41) is 9.93. The first kappa shape index (κ1) is 14.4. The molecule has 1 atom stereocenters. The van der Waals surface area contributed by atoms with Gasteiger partial charge in [-0.15, -0.1) is 6.58 Å². The summed E-state index contributed by atoms with van der Waals surface area (Å²) in [7, 11) is 0. The van der Waals surface area contributed by atoms with Crippen LogP contribution in [-0.2, 0) is 0 Å². The van der Waals surface area contributed by atoms with E-state index in [4.69, 9.17) is 0 Å². The number of hydrogen-bond acceptors (Lipinski definition) is 1. The first-order valence-electron chi connectivity index (χ1n) is 5.89. The van der Waals surface area contributed by atoms with Crippen molar-refractivity contribution < 1.29 is 9.50 Å². The third-order valence-corrected chi connectivity index (χ3v) is 3.32. The molecule has 0 fully saturated rings. The van der Waals surface area contributed by atoms with Gasteiger partial charge in [-0.05, 0) is 52.9 Å². The van der Waals surface area contributed by atoms with E-state index in [1.807, 2.05) is 6.08 Å². The van der Waals surface area contributed by atoms with Crippen molar-refractivity contribution in [2.45, 2.75) is 38.2 Å². The van der Waals surface area contributed by atoms with Gasteiger partial charge in [0.25, 0.3) is 0 Å². The van der Waals surface area contributed by atoms with Gasteiger partial charge in [-0.1, -0.05) is 25.0 Å². The number of hydrogen-bond donors (Lipinski definition) is 1. The maximum absolute atomic E-state index is 13.0. The number of benzene rings is 1. The molecule has 1 aromatic rings. The summed E-state index contributed by atoms with van der Waals surface area (Å²) >= 11 is 3.12. The van der Waals surface area contributed by atoms with Crippen LogP contribution in [-0.4, -0.2) is 5.11 Å². The van der Waals surface area contributed by atoms with E-state index in [-0.39, 0.29) is 5.82 Å². The third kappa shape index (κ3) is 5.00. The fraction of sp³-hybridized carbons (Fsp3) is 0.429. The second-order valence-corrected chi connectivity index (χ2v) is 4.97. The van der Waals surface area contributed by atoms with Gasteiger partial charge in [0.15, 0.2) is 0 Å². The number of halogens is 2. The zero-order chi connectivity index (χ0) is 12.7. The molecular formula is C14H18BrFO. The molecule has 1 aromatic carbocycles. The highest BCUT2D eigenvalue weighted by molar-refractivity contribution is 9.10. The molecule has 3 heteroatoms. The van der Waals surface area contributed by atoms with Crippen LogP contribution in [0.5, 0.6) is 0 Å². The van der Waals surface area contributed by atoms with Crippen LogP contribution in [0.15, 0.2) is 35.3 Å². The monoisotopic (exact) mass is 300 g/mol. The van der Waals surface area contributed by atoms with Crippen LogP contribution < -0.4 is 0 Å². The second-order valence-electron chi connectivity index (χ2n) is 4.12. The van der Waals surface area contributed by atoms with Crippen molar-refractivity contribution in [3.05, 3.63) is 46.7 Å². The molecular weight excluding hydrogens is 283 g/mol. The van der Waals surface area contributed by atoms with Gasteiger partial charge >= 0.3 is 0 Å². The standard InChI is InChI=1S/C14H18BrFO/c1-2-3-4-5-6-7-14(17)11-8-9-13(16)12(15)10-11/h2,8-10,14,17H,1,3-7H2. The molecule has 0 aliphatic rings. The molecule has 1 N–H and O–H groups in total. The summed E-state index contributed by atoms with van der Waals surface area (Å²) in [6, 6.07) is 4.65. The Morgan fingerprint density at radius 3 is 2.76 bits per heavy atom. The van der Waals surface area contributed by atoms with Crippen molar-refractivity contribution in [3.63, 3.8) is 0 Å². The van der Waals surface area contributed by atoms with Gasteiger partial charge in [-0.25, -0.2) is 4.39 Å². The van der Waals surface area contributed by atoms with Gasteiger partial charge in [0, 0.05) is 0 Å². The van der Waals surface area contributed by atoms with Gasteiger partial charge in [-0.3, -0.25) is 0 Å². The first-order chi connectivity index (χ1) is 8.15. The largest absolute Gasteiger partial charge is 0.388 e. The predicted octanol–water partition coefficient (Wildman–Crippen LogP) is 4.76. The van der Waals surface area contributed by atoms with Crippen LogP contribution in [0.25, 0.3) is 0 Å². The summed E-state index contributed by atoms with van der Waals surface area (Å²) in [6.07, 6.45) is 6.33. The minimum atomic E-state index is -0.504. The van der Waals surface area contributed by atoms with E-state index in [1.54, 1.807) is 12.1 Å². The fourth-order valence-corrected chi connectivity index (χ4v) is 2.09. The molecule has 1 unspecified atom stereocenters. The summed E-state index contributed by atoms with van der Waals surface area (Å²) in [4.78, 5) is 0. The fourth-order valence-electron chi connectivity index (χ4n) is 1.69. The van der Waals surface area contributed by atoms with E-state index in [2.05, 4.69) is 22.5 Å². The molecule has 1 nitrogen and oxygen atoms in total. The Hall–Kier alpha value is -0.670. The average molecular weight is 301 g/mol. The molecule has 0 bridgehead atoms. The smallest absolute Gasteiger partial charge is 0.137 e. The van der Waals surface area contributed by atoms with Crippen molar-refractivity contribution in [2.24, 2.45) is 0 Å². The zero-order valence-corrected chi connectivity index (χ0v) is 11.4. The van der Waals surface area contributed by atoms with E-state index < -0.39 is 6.10 Å². The summed E-state index contributed by atoms with van der Waals surface area (Å²) in [5.74, 6) is -0.299. The Bertz CT molecular complexity index is 365. The zero-order valence-electron chi connectivity index (χ0n) is 9.83. The maximum Gasteiger partial charge on any atom is 0.137 e. The lowest BCUT2D eigenvalue weighted by Crippen LogP contribution is -1.98. The highest BCUT2D eigenvalue weighted by Crippen LogP contribution is 2.24. The molecule has 17 heavy (non-hydrogen) atoms. The summed E-state index contributed by atoms with van der Waals surface area (Å²) < 4.78 is 13.4. The number of unbranched alkanes of at least 4 members (excludes halogenated alkanes) is 3. The minimum Gasteiger partial charge on any atom is -0.388 e. The number of rotatable bonds is 7. The number of aliphatic hydroxyl groups is 1. The van der Waals surface area contributed by atoms with Crippen LogP contribution in [0.1, 0.15) is 43.8 Å². The van der Waals surface area contributed by atoms with Crippen LogP contribution in [0.2, 0.25) is 0 Å². The number of allylic oxidation sites excluding steroid dienone is 1. The van der Waals surface area contributed by atoms with E-state index in [0.29, 0.717) is 4.47 Å². The van der Waals surface area contributed by atoms with E-state index in [1.165, 1.54) is 6.07 Å². The molecule has 0 radical (unpaired) electrons. The Morgan fingerprint density at radius 1 is 1.35 bits per heavy atom. The molecule has 0 spiro atoms. The van der Waals surface area contributed by atoms with Crippen LogP contribution >= 0.6 is 15.9 Å². The third-order valence-electron chi connectivity index (χ3n) is 2.71.